The van der Waals surface area contributed by atoms with Crippen LogP contribution < -0.4 is 5.32 Å². The van der Waals surface area contributed by atoms with Crippen molar-refractivity contribution in [2.24, 2.45) is 5.41 Å². The summed E-state index contributed by atoms with van der Waals surface area (Å²) in [5.41, 5.74) is 0.807. The Morgan fingerprint density at radius 3 is 2.55 bits per heavy atom. The van der Waals surface area contributed by atoms with Crippen LogP contribution in [0.25, 0.3) is 21.3 Å². The molecule has 2 aromatic carbocycles. The quantitative estimate of drug-likeness (QED) is 0.549. The van der Waals surface area contributed by atoms with E-state index >= 15 is 0 Å². The summed E-state index contributed by atoms with van der Waals surface area (Å²) in [6.45, 7) is -0.117. The molecule has 0 aliphatic heterocycles. The van der Waals surface area contributed by atoms with E-state index in [0.29, 0.717) is 26.4 Å². The van der Waals surface area contributed by atoms with Gasteiger partial charge in [-0.05, 0) is 42.7 Å². The van der Waals surface area contributed by atoms with Crippen molar-refractivity contribution in [2.45, 2.75) is 25.7 Å². The van der Waals surface area contributed by atoms with Gasteiger partial charge in [0, 0.05) is 18.1 Å². The van der Waals surface area contributed by atoms with Crippen molar-refractivity contribution in [2.75, 3.05) is 6.54 Å². The van der Waals surface area contributed by atoms with Gasteiger partial charge in [0.25, 0.3) is 0 Å². The van der Waals surface area contributed by atoms with Crippen LogP contribution in [0, 0.1) is 28.4 Å². The lowest BCUT2D eigenvalue weighted by atomic mass is 10.0. The zero-order valence-corrected chi connectivity index (χ0v) is 17.7. The van der Waals surface area contributed by atoms with E-state index in [2.05, 4.69) is 16.4 Å². The number of hydrogen-bond donors (Lipinski definition) is 1. The number of thiazole rings is 1. The maximum atomic E-state index is 13.6. The van der Waals surface area contributed by atoms with Crippen molar-refractivity contribution in [3.63, 3.8) is 0 Å². The highest BCUT2D eigenvalue weighted by Crippen LogP contribution is 2.48. The number of carbonyl (C=O) groups is 2. The van der Waals surface area contributed by atoms with Crippen LogP contribution in [0.1, 0.15) is 24.3 Å². The van der Waals surface area contributed by atoms with Crippen molar-refractivity contribution in [1.29, 1.82) is 5.26 Å². The smallest absolute Gasteiger partial charge is 0.227 e. The fourth-order valence-electron chi connectivity index (χ4n) is 3.32. The molecule has 3 aromatic rings. The molecular weight excluding hydrogens is 444 g/mol. The average Bonchev–Trinajstić information content (AvgIpc) is 3.36. The first-order valence-corrected chi connectivity index (χ1v) is 10.7. The first-order valence-electron chi connectivity index (χ1n) is 9.52. The van der Waals surface area contributed by atoms with E-state index in [1.165, 1.54) is 23.5 Å². The van der Waals surface area contributed by atoms with Crippen LogP contribution in [-0.4, -0.2) is 23.2 Å². The molecule has 1 aromatic heterocycles. The number of ketones is 1. The van der Waals surface area contributed by atoms with Crippen LogP contribution in [-0.2, 0) is 16.0 Å². The molecule has 1 fully saturated rings. The molecule has 0 atom stereocenters. The fourth-order valence-corrected chi connectivity index (χ4v) is 4.57. The van der Waals surface area contributed by atoms with Crippen LogP contribution in [0.4, 0.5) is 8.78 Å². The lowest BCUT2D eigenvalue weighted by Crippen LogP contribution is -2.31. The van der Waals surface area contributed by atoms with E-state index in [9.17, 15) is 18.4 Å². The molecule has 0 bridgehead atoms. The van der Waals surface area contributed by atoms with Gasteiger partial charge in [-0.15, -0.1) is 11.3 Å². The predicted molar refractivity (Wildman–Crippen MR) is 114 cm³/mol. The Kier molecular flexibility index (Phi) is 5.73. The Labute approximate surface area is 185 Å². The summed E-state index contributed by atoms with van der Waals surface area (Å²) in [4.78, 5) is 28.6. The third kappa shape index (κ3) is 4.89. The fraction of sp³-hybridized carbons (Fsp3) is 0.273. The first-order chi connectivity index (χ1) is 14.8. The third-order valence-corrected chi connectivity index (χ3v) is 6.45. The van der Waals surface area contributed by atoms with Gasteiger partial charge in [-0.1, -0.05) is 11.6 Å². The summed E-state index contributed by atoms with van der Waals surface area (Å²) >= 11 is 7.56. The largest absolute Gasteiger partial charge is 0.349 e. The molecule has 1 heterocycles. The number of amides is 1. The molecule has 4 rings (SSSR count). The molecule has 0 saturated heterocycles. The van der Waals surface area contributed by atoms with E-state index in [4.69, 9.17) is 16.9 Å². The molecule has 0 unspecified atom stereocenters. The molecular formula is C22H16ClF2N3O2S. The molecule has 158 valence electrons. The number of nitrogens with zero attached hydrogens (tertiary/aromatic N) is 2. The van der Waals surface area contributed by atoms with Gasteiger partial charge in [0.1, 0.15) is 16.6 Å². The van der Waals surface area contributed by atoms with Crippen molar-refractivity contribution in [1.82, 2.24) is 10.3 Å². The topological polar surface area (TPSA) is 82.9 Å². The van der Waals surface area contributed by atoms with Crippen molar-refractivity contribution in [3.05, 3.63) is 52.0 Å². The Balaban J connectivity index is 1.45. The SMILES string of the molecule is N#CC1(CC(=O)CNC(=O)Cc2nc3cc(Cl)c(-c4cc(F)cc(F)c4)cc3s2)CC1. The minimum atomic E-state index is -0.704. The van der Waals surface area contributed by atoms with Crippen LogP contribution in [0.3, 0.4) is 0 Å². The maximum Gasteiger partial charge on any atom is 0.227 e. The number of nitrogens with one attached hydrogen (secondary N) is 1. The summed E-state index contributed by atoms with van der Waals surface area (Å²) in [5.74, 6) is -1.93. The predicted octanol–water partition coefficient (Wildman–Crippen LogP) is 4.82. The Morgan fingerprint density at radius 2 is 1.90 bits per heavy atom. The molecule has 9 heteroatoms. The highest BCUT2D eigenvalue weighted by atomic mass is 35.5. The highest BCUT2D eigenvalue weighted by Gasteiger charge is 2.44. The molecule has 1 aliphatic carbocycles. The number of fused-ring (bicyclic) bond motifs is 1. The summed E-state index contributed by atoms with van der Waals surface area (Å²) < 4.78 is 27.9. The molecule has 0 spiro atoms. The van der Waals surface area contributed by atoms with Crippen LogP contribution >= 0.6 is 22.9 Å². The number of Topliss-reactive ketones (excluding diaryl/α,β-unsaturated/α-hetero) is 1. The molecule has 31 heavy (non-hydrogen) atoms. The minimum absolute atomic E-state index is 0.0163. The lowest BCUT2D eigenvalue weighted by Gasteiger charge is -2.06. The lowest BCUT2D eigenvalue weighted by molar-refractivity contribution is -0.125. The van der Waals surface area contributed by atoms with E-state index in [1.54, 1.807) is 12.1 Å². The van der Waals surface area contributed by atoms with E-state index < -0.39 is 17.0 Å². The molecule has 1 amide bonds. The third-order valence-electron chi connectivity index (χ3n) is 5.12. The molecule has 0 radical (unpaired) electrons. The van der Waals surface area contributed by atoms with E-state index in [1.807, 2.05) is 0 Å². The second-order valence-electron chi connectivity index (χ2n) is 7.63. The Morgan fingerprint density at radius 1 is 1.19 bits per heavy atom. The van der Waals surface area contributed by atoms with E-state index in [0.717, 1.165) is 18.9 Å². The number of halogens is 3. The van der Waals surface area contributed by atoms with Crippen molar-refractivity contribution in [3.8, 4) is 17.2 Å². The van der Waals surface area contributed by atoms with Crippen LogP contribution in [0.5, 0.6) is 0 Å². The van der Waals surface area contributed by atoms with Crippen LogP contribution in [0.2, 0.25) is 5.02 Å². The summed E-state index contributed by atoms with van der Waals surface area (Å²) in [5, 5.41) is 12.4. The van der Waals surface area contributed by atoms with Gasteiger partial charge in [-0.2, -0.15) is 5.26 Å². The normalized spacial score (nSPS) is 14.3. The van der Waals surface area contributed by atoms with Crippen molar-refractivity contribution >= 4 is 44.8 Å². The number of rotatable bonds is 7. The van der Waals surface area contributed by atoms with Crippen LogP contribution in [0.15, 0.2) is 30.3 Å². The molecule has 5 nitrogen and oxygen atoms in total. The number of carbonyl (C=O) groups excluding carboxylic acids is 2. The molecule has 1 saturated carbocycles. The number of nitriles is 1. The van der Waals surface area contributed by atoms with Gasteiger partial charge in [0.05, 0.1) is 39.7 Å². The number of hydrogen-bond acceptors (Lipinski definition) is 5. The maximum absolute atomic E-state index is 13.6. The summed E-state index contributed by atoms with van der Waals surface area (Å²) in [6.07, 6.45) is 1.59. The van der Waals surface area contributed by atoms with E-state index in [-0.39, 0.29) is 36.1 Å². The molecule has 1 N–H and O–H groups in total. The average molecular weight is 460 g/mol. The monoisotopic (exact) mass is 459 g/mol. The van der Waals surface area contributed by atoms with Gasteiger partial charge in [-0.25, -0.2) is 13.8 Å². The Hall–Kier alpha value is -2.89. The van der Waals surface area contributed by atoms with Gasteiger partial charge < -0.3 is 5.32 Å². The van der Waals surface area contributed by atoms with Gasteiger partial charge in [-0.3, -0.25) is 9.59 Å². The minimum Gasteiger partial charge on any atom is -0.349 e. The standard InChI is InChI=1S/C22H16ClF2N3O2S/c23-17-7-18-19(6-16(17)12-3-13(24)5-14(25)4-12)31-21(28-18)8-20(30)27-10-15(29)9-22(11-26)1-2-22/h3-7H,1-2,8-10H2,(H,27,30). The number of benzene rings is 2. The summed E-state index contributed by atoms with van der Waals surface area (Å²) in [7, 11) is 0. The Bertz CT molecular complexity index is 1230. The van der Waals surface area contributed by atoms with Gasteiger partial charge >= 0.3 is 0 Å². The molecule has 1 aliphatic rings. The second-order valence-corrected chi connectivity index (χ2v) is 9.15. The number of aromatic nitrogens is 1. The van der Waals surface area contributed by atoms with Crippen molar-refractivity contribution < 1.29 is 18.4 Å². The summed E-state index contributed by atoms with van der Waals surface area (Å²) in [6, 6.07) is 8.61. The van der Waals surface area contributed by atoms with Gasteiger partial charge in [0.15, 0.2) is 5.78 Å². The van der Waals surface area contributed by atoms with Gasteiger partial charge in [0.2, 0.25) is 5.91 Å². The second kappa shape index (κ2) is 8.33. The zero-order chi connectivity index (χ0) is 22.2. The highest BCUT2D eigenvalue weighted by molar-refractivity contribution is 7.18. The zero-order valence-electron chi connectivity index (χ0n) is 16.2. The first kappa shape index (κ1) is 21.3.